The fraction of sp³-hybridized carbons (Fsp3) is 0.292. The van der Waals surface area contributed by atoms with Crippen LogP contribution in [0.15, 0.2) is 48.5 Å². The first-order chi connectivity index (χ1) is 14.0. The molecule has 5 heteroatoms. The summed E-state index contributed by atoms with van der Waals surface area (Å²) in [4.78, 5) is 17.0. The van der Waals surface area contributed by atoms with Gasteiger partial charge in [0, 0.05) is 30.4 Å². The molecule has 0 radical (unpaired) electrons. The molecule has 4 aromatic rings. The van der Waals surface area contributed by atoms with E-state index in [2.05, 4.69) is 57.9 Å². The zero-order valence-corrected chi connectivity index (χ0v) is 17.2. The van der Waals surface area contributed by atoms with Gasteiger partial charge in [-0.05, 0) is 55.5 Å². The maximum Gasteiger partial charge on any atom is 0.220 e. The fourth-order valence-corrected chi connectivity index (χ4v) is 3.98. The van der Waals surface area contributed by atoms with Gasteiger partial charge in [-0.2, -0.15) is 5.10 Å². The highest BCUT2D eigenvalue weighted by Gasteiger charge is 2.13. The normalized spacial score (nSPS) is 11.3. The second-order valence-electron chi connectivity index (χ2n) is 7.56. The Kier molecular flexibility index (Phi) is 5.30. The van der Waals surface area contributed by atoms with E-state index in [0.29, 0.717) is 19.4 Å². The summed E-state index contributed by atoms with van der Waals surface area (Å²) in [6, 6.07) is 16.7. The van der Waals surface area contributed by atoms with E-state index in [1.54, 1.807) is 0 Å². The van der Waals surface area contributed by atoms with Gasteiger partial charge in [-0.15, -0.1) is 0 Å². The van der Waals surface area contributed by atoms with Gasteiger partial charge in [-0.3, -0.25) is 4.79 Å². The number of carbonyl (C=O) groups is 1. The summed E-state index contributed by atoms with van der Waals surface area (Å²) in [5, 5.41) is 10.1. The topological polar surface area (TPSA) is 59.3 Å². The van der Waals surface area contributed by atoms with Gasteiger partial charge in [-0.1, -0.05) is 42.5 Å². The lowest BCUT2D eigenvalue weighted by atomic mass is 10.0. The smallest absolute Gasteiger partial charge is 0.220 e. The molecule has 0 spiro atoms. The van der Waals surface area contributed by atoms with E-state index in [1.807, 2.05) is 31.4 Å². The molecule has 2 aromatic carbocycles. The van der Waals surface area contributed by atoms with Gasteiger partial charge in [-0.25, -0.2) is 9.50 Å². The molecule has 29 heavy (non-hydrogen) atoms. The van der Waals surface area contributed by atoms with Crippen molar-refractivity contribution in [3.63, 3.8) is 0 Å². The van der Waals surface area contributed by atoms with Crippen LogP contribution in [0, 0.1) is 20.8 Å². The maximum atomic E-state index is 12.4. The van der Waals surface area contributed by atoms with Crippen molar-refractivity contribution >= 4 is 22.3 Å². The average Bonchev–Trinajstić information content (AvgIpc) is 3.08. The van der Waals surface area contributed by atoms with Crippen LogP contribution in [0.4, 0.5) is 0 Å². The van der Waals surface area contributed by atoms with E-state index in [9.17, 15) is 4.79 Å². The van der Waals surface area contributed by atoms with E-state index in [0.717, 1.165) is 34.7 Å². The van der Waals surface area contributed by atoms with E-state index in [-0.39, 0.29) is 5.91 Å². The molecule has 0 saturated heterocycles. The van der Waals surface area contributed by atoms with Crippen LogP contribution in [0.1, 0.15) is 34.6 Å². The number of carbonyl (C=O) groups excluding carboxylic acids is 1. The van der Waals surface area contributed by atoms with Crippen molar-refractivity contribution in [2.75, 3.05) is 6.54 Å². The molecule has 0 unspecified atom stereocenters. The van der Waals surface area contributed by atoms with E-state index >= 15 is 0 Å². The molecule has 0 aliphatic heterocycles. The number of rotatable bonds is 6. The summed E-state index contributed by atoms with van der Waals surface area (Å²) in [7, 11) is 0. The molecular formula is C24H26N4O. The number of fused-ring (bicyclic) bond motifs is 2. The Balaban J connectivity index is 1.36. The summed E-state index contributed by atoms with van der Waals surface area (Å²) in [5.41, 5.74) is 6.20. The minimum atomic E-state index is 0.0702. The van der Waals surface area contributed by atoms with Crippen molar-refractivity contribution < 1.29 is 4.79 Å². The van der Waals surface area contributed by atoms with Crippen molar-refractivity contribution in [1.29, 1.82) is 0 Å². The molecule has 0 fully saturated rings. The molecule has 0 atom stereocenters. The second-order valence-corrected chi connectivity index (χ2v) is 7.56. The number of hydrogen-bond acceptors (Lipinski definition) is 3. The minimum absolute atomic E-state index is 0.0702. The van der Waals surface area contributed by atoms with Gasteiger partial charge in [0.2, 0.25) is 5.91 Å². The maximum absolute atomic E-state index is 12.4. The third-order valence-corrected chi connectivity index (χ3v) is 5.48. The van der Waals surface area contributed by atoms with Crippen LogP contribution in [0.25, 0.3) is 16.4 Å². The number of nitrogens with one attached hydrogen (secondary N) is 1. The van der Waals surface area contributed by atoms with Crippen LogP contribution >= 0.6 is 0 Å². The predicted molar refractivity (Wildman–Crippen MR) is 116 cm³/mol. The van der Waals surface area contributed by atoms with Crippen molar-refractivity contribution in [1.82, 2.24) is 19.9 Å². The Labute approximate surface area is 170 Å². The first kappa shape index (κ1) is 19.1. The number of benzene rings is 2. The van der Waals surface area contributed by atoms with Crippen LogP contribution < -0.4 is 5.32 Å². The van der Waals surface area contributed by atoms with Gasteiger partial charge >= 0.3 is 0 Å². The molecule has 148 valence electrons. The molecule has 0 aliphatic rings. The van der Waals surface area contributed by atoms with E-state index < -0.39 is 0 Å². The zero-order valence-electron chi connectivity index (χ0n) is 17.2. The molecule has 0 bridgehead atoms. The molecule has 2 heterocycles. The van der Waals surface area contributed by atoms with E-state index in [4.69, 9.17) is 0 Å². The summed E-state index contributed by atoms with van der Waals surface area (Å²) in [6.07, 6.45) is 1.94. The van der Waals surface area contributed by atoms with Gasteiger partial charge < -0.3 is 5.32 Å². The van der Waals surface area contributed by atoms with Crippen LogP contribution in [-0.2, 0) is 17.6 Å². The third kappa shape index (κ3) is 3.99. The van der Waals surface area contributed by atoms with E-state index in [1.165, 1.54) is 16.3 Å². The predicted octanol–water partition coefficient (Wildman–Crippen LogP) is 4.10. The minimum Gasteiger partial charge on any atom is -0.356 e. The van der Waals surface area contributed by atoms with Crippen molar-refractivity contribution in [2.45, 2.75) is 40.0 Å². The Morgan fingerprint density at radius 3 is 2.69 bits per heavy atom. The summed E-state index contributed by atoms with van der Waals surface area (Å²) in [5.74, 6) is 0.0702. The third-order valence-electron chi connectivity index (χ3n) is 5.48. The second kappa shape index (κ2) is 8.03. The SMILES string of the molecule is Cc1cc2nc(C)c(CCC(=O)NCCc3cccc4ccccc34)c(C)n2n1. The van der Waals surface area contributed by atoms with Crippen LogP contribution in [-0.4, -0.2) is 27.0 Å². The average molecular weight is 386 g/mol. The molecule has 1 N–H and O–H groups in total. The first-order valence-electron chi connectivity index (χ1n) is 10.1. The number of aromatic nitrogens is 3. The molecular weight excluding hydrogens is 360 g/mol. The van der Waals surface area contributed by atoms with Crippen molar-refractivity contribution in [2.24, 2.45) is 0 Å². The lowest BCUT2D eigenvalue weighted by Gasteiger charge is -2.11. The van der Waals surface area contributed by atoms with Crippen molar-refractivity contribution in [3.8, 4) is 0 Å². The van der Waals surface area contributed by atoms with Gasteiger partial charge in [0.15, 0.2) is 5.65 Å². The lowest BCUT2D eigenvalue weighted by molar-refractivity contribution is -0.121. The quantitative estimate of drug-likeness (QED) is 0.543. The number of amides is 1. The number of aryl methyl sites for hydroxylation is 3. The molecule has 0 saturated carbocycles. The van der Waals surface area contributed by atoms with Gasteiger partial charge in [0.1, 0.15) is 0 Å². The summed E-state index contributed by atoms with van der Waals surface area (Å²) >= 11 is 0. The van der Waals surface area contributed by atoms with Gasteiger partial charge in [0.25, 0.3) is 0 Å². The number of hydrogen-bond donors (Lipinski definition) is 1. The number of nitrogens with zero attached hydrogens (tertiary/aromatic N) is 3. The largest absolute Gasteiger partial charge is 0.356 e. The Morgan fingerprint density at radius 2 is 1.83 bits per heavy atom. The van der Waals surface area contributed by atoms with Crippen LogP contribution in [0.2, 0.25) is 0 Å². The zero-order chi connectivity index (χ0) is 20.4. The highest BCUT2D eigenvalue weighted by molar-refractivity contribution is 5.85. The Bertz CT molecular complexity index is 1190. The molecule has 5 nitrogen and oxygen atoms in total. The molecule has 1 amide bonds. The Morgan fingerprint density at radius 1 is 1.03 bits per heavy atom. The standard InChI is InChI=1S/C24H26N4O/c1-16-15-23-26-17(2)21(18(3)28(23)27-16)11-12-24(29)25-14-13-20-9-6-8-19-7-4-5-10-22(19)20/h4-10,15H,11-14H2,1-3H3,(H,25,29). The highest BCUT2D eigenvalue weighted by Crippen LogP contribution is 2.19. The molecule has 2 aromatic heterocycles. The fourth-order valence-electron chi connectivity index (χ4n) is 3.98. The van der Waals surface area contributed by atoms with Crippen LogP contribution in [0.3, 0.4) is 0 Å². The summed E-state index contributed by atoms with van der Waals surface area (Å²) < 4.78 is 1.87. The molecule has 0 aliphatic carbocycles. The monoisotopic (exact) mass is 386 g/mol. The summed E-state index contributed by atoms with van der Waals surface area (Å²) in [6.45, 7) is 6.65. The highest BCUT2D eigenvalue weighted by atomic mass is 16.1. The van der Waals surface area contributed by atoms with Gasteiger partial charge in [0.05, 0.1) is 5.69 Å². The Hall–Kier alpha value is -3.21. The van der Waals surface area contributed by atoms with Crippen LogP contribution in [0.5, 0.6) is 0 Å². The lowest BCUT2D eigenvalue weighted by Crippen LogP contribution is -2.26. The molecule has 4 rings (SSSR count). The first-order valence-corrected chi connectivity index (χ1v) is 10.1. The van der Waals surface area contributed by atoms with Crippen molar-refractivity contribution in [3.05, 3.63) is 76.7 Å².